The van der Waals surface area contributed by atoms with Crippen molar-refractivity contribution in [3.8, 4) is 0 Å². The molecule has 0 unspecified atom stereocenters. The molecule has 2 heterocycles. The fourth-order valence-corrected chi connectivity index (χ4v) is 1.84. The van der Waals surface area contributed by atoms with Gasteiger partial charge in [-0.05, 0) is 11.6 Å². The first kappa shape index (κ1) is 11.4. The Labute approximate surface area is 109 Å². The minimum atomic E-state index is -0.187. The van der Waals surface area contributed by atoms with Crippen LogP contribution in [0.1, 0.15) is 11.4 Å². The second-order valence-electron chi connectivity index (χ2n) is 4.20. The lowest BCUT2D eigenvalue weighted by Crippen LogP contribution is -2.12. The van der Waals surface area contributed by atoms with Crippen molar-refractivity contribution in [3.05, 3.63) is 58.4 Å². The molecule has 2 aromatic heterocycles. The molecule has 0 amide bonds. The summed E-state index contributed by atoms with van der Waals surface area (Å²) in [6, 6.07) is 9.91. The van der Waals surface area contributed by atoms with Gasteiger partial charge in [-0.2, -0.15) is 0 Å². The van der Waals surface area contributed by atoms with Crippen LogP contribution in [0.2, 0.25) is 0 Å². The molecular formula is C14H12N4O. The fourth-order valence-electron chi connectivity index (χ4n) is 1.84. The standard InChI is InChI=1S/C14H12N4O/c1-18-13-11(16-14(18)19)9-15-12(17-13)8-7-10-5-3-2-4-6-10/h2-9H,1H3,(H,16,19). The van der Waals surface area contributed by atoms with Gasteiger partial charge < -0.3 is 4.98 Å². The van der Waals surface area contributed by atoms with Crippen LogP contribution in [0, 0.1) is 0 Å². The van der Waals surface area contributed by atoms with Crippen LogP contribution in [0.3, 0.4) is 0 Å². The van der Waals surface area contributed by atoms with Gasteiger partial charge in [-0.1, -0.05) is 36.4 Å². The molecule has 5 heteroatoms. The molecule has 0 saturated carbocycles. The number of hydrogen-bond acceptors (Lipinski definition) is 3. The van der Waals surface area contributed by atoms with Crippen molar-refractivity contribution >= 4 is 23.3 Å². The van der Waals surface area contributed by atoms with Gasteiger partial charge in [0, 0.05) is 7.05 Å². The Morgan fingerprint density at radius 3 is 2.79 bits per heavy atom. The number of nitrogens with one attached hydrogen (secondary N) is 1. The van der Waals surface area contributed by atoms with Crippen molar-refractivity contribution in [2.45, 2.75) is 0 Å². The SMILES string of the molecule is Cn1c(=O)[nH]c2cnc(C=Cc3ccccc3)nc21. The molecule has 0 spiro atoms. The number of aromatic amines is 1. The third-order valence-corrected chi connectivity index (χ3v) is 2.88. The normalized spacial score (nSPS) is 11.4. The summed E-state index contributed by atoms with van der Waals surface area (Å²) in [6.07, 6.45) is 5.38. The highest BCUT2D eigenvalue weighted by Gasteiger charge is 2.04. The average Bonchev–Trinajstić information content (AvgIpc) is 2.73. The van der Waals surface area contributed by atoms with E-state index in [4.69, 9.17) is 0 Å². The molecule has 0 atom stereocenters. The maximum Gasteiger partial charge on any atom is 0.327 e. The number of imidazole rings is 1. The van der Waals surface area contributed by atoms with E-state index in [2.05, 4.69) is 15.0 Å². The smallest absolute Gasteiger partial charge is 0.303 e. The molecule has 0 radical (unpaired) electrons. The molecule has 3 aromatic rings. The Kier molecular flexibility index (Phi) is 2.72. The number of rotatable bonds is 2. The molecule has 0 aliphatic carbocycles. The van der Waals surface area contributed by atoms with Crippen molar-refractivity contribution in [2.75, 3.05) is 0 Å². The van der Waals surface area contributed by atoms with Crippen molar-refractivity contribution < 1.29 is 0 Å². The van der Waals surface area contributed by atoms with E-state index >= 15 is 0 Å². The van der Waals surface area contributed by atoms with Gasteiger partial charge in [-0.25, -0.2) is 14.8 Å². The van der Waals surface area contributed by atoms with Crippen molar-refractivity contribution in [1.82, 2.24) is 19.5 Å². The highest BCUT2D eigenvalue weighted by Crippen LogP contribution is 2.08. The number of aromatic nitrogens is 4. The van der Waals surface area contributed by atoms with Gasteiger partial charge in [0.2, 0.25) is 0 Å². The molecule has 94 valence electrons. The van der Waals surface area contributed by atoms with Gasteiger partial charge in [-0.15, -0.1) is 0 Å². The molecule has 0 aliphatic rings. The highest BCUT2D eigenvalue weighted by atomic mass is 16.1. The van der Waals surface area contributed by atoms with Gasteiger partial charge in [0.25, 0.3) is 0 Å². The molecule has 0 bridgehead atoms. The Morgan fingerprint density at radius 1 is 1.21 bits per heavy atom. The van der Waals surface area contributed by atoms with Crippen molar-refractivity contribution in [1.29, 1.82) is 0 Å². The quantitative estimate of drug-likeness (QED) is 0.756. The fraction of sp³-hybridized carbons (Fsp3) is 0.0714. The van der Waals surface area contributed by atoms with Gasteiger partial charge in [-0.3, -0.25) is 4.57 Å². The van der Waals surface area contributed by atoms with E-state index in [0.29, 0.717) is 17.0 Å². The summed E-state index contributed by atoms with van der Waals surface area (Å²) < 4.78 is 1.47. The van der Waals surface area contributed by atoms with Gasteiger partial charge in [0.1, 0.15) is 5.52 Å². The number of benzene rings is 1. The van der Waals surface area contributed by atoms with Crippen LogP contribution in [0.4, 0.5) is 0 Å². The number of aryl methyl sites for hydroxylation is 1. The van der Waals surface area contributed by atoms with Gasteiger partial charge in [0.15, 0.2) is 11.5 Å². The first-order valence-electron chi connectivity index (χ1n) is 5.89. The third kappa shape index (κ3) is 2.18. The van der Waals surface area contributed by atoms with E-state index in [-0.39, 0.29) is 5.69 Å². The number of nitrogens with zero attached hydrogens (tertiary/aromatic N) is 3. The van der Waals surface area contributed by atoms with E-state index in [1.165, 1.54) is 4.57 Å². The maximum atomic E-state index is 11.5. The Bertz CT molecular complexity index is 799. The van der Waals surface area contributed by atoms with Crippen LogP contribution >= 0.6 is 0 Å². The van der Waals surface area contributed by atoms with Crippen molar-refractivity contribution in [2.24, 2.45) is 7.05 Å². The molecular weight excluding hydrogens is 240 g/mol. The summed E-state index contributed by atoms with van der Waals surface area (Å²) in [6.45, 7) is 0. The van der Waals surface area contributed by atoms with Crippen LogP contribution in [-0.4, -0.2) is 19.5 Å². The third-order valence-electron chi connectivity index (χ3n) is 2.88. The molecule has 1 N–H and O–H groups in total. The summed E-state index contributed by atoms with van der Waals surface area (Å²) in [5.74, 6) is 0.575. The summed E-state index contributed by atoms with van der Waals surface area (Å²) >= 11 is 0. The van der Waals surface area contributed by atoms with E-state index in [1.54, 1.807) is 13.2 Å². The summed E-state index contributed by atoms with van der Waals surface area (Å²) in [7, 11) is 1.68. The summed E-state index contributed by atoms with van der Waals surface area (Å²) in [4.78, 5) is 22.7. The maximum absolute atomic E-state index is 11.5. The lowest BCUT2D eigenvalue weighted by atomic mass is 10.2. The Morgan fingerprint density at radius 2 is 2.00 bits per heavy atom. The van der Waals surface area contributed by atoms with Gasteiger partial charge in [0.05, 0.1) is 6.20 Å². The highest BCUT2D eigenvalue weighted by molar-refractivity contribution is 5.73. The van der Waals surface area contributed by atoms with Crippen LogP contribution in [0.25, 0.3) is 23.3 Å². The minimum absolute atomic E-state index is 0.187. The molecule has 19 heavy (non-hydrogen) atoms. The van der Waals surface area contributed by atoms with Gasteiger partial charge >= 0.3 is 5.69 Å². The van der Waals surface area contributed by atoms with E-state index in [9.17, 15) is 4.79 Å². The zero-order valence-electron chi connectivity index (χ0n) is 10.4. The predicted octanol–water partition coefficient (Wildman–Crippen LogP) is 1.83. The average molecular weight is 252 g/mol. The minimum Gasteiger partial charge on any atom is -0.303 e. The Balaban J connectivity index is 2.00. The molecule has 1 aromatic carbocycles. The molecule has 5 nitrogen and oxygen atoms in total. The van der Waals surface area contributed by atoms with Crippen molar-refractivity contribution in [3.63, 3.8) is 0 Å². The second kappa shape index (κ2) is 4.53. The number of hydrogen-bond donors (Lipinski definition) is 1. The summed E-state index contributed by atoms with van der Waals surface area (Å²) in [5.41, 5.74) is 2.14. The van der Waals surface area contributed by atoms with Crippen LogP contribution in [0.15, 0.2) is 41.3 Å². The lowest BCUT2D eigenvalue weighted by Gasteiger charge is -1.95. The zero-order valence-corrected chi connectivity index (χ0v) is 10.4. The lowest BCUT2D eigenvalue weighted by molar-refractivity contribution is 0.876. The first-order chi connectivity index (χ1) is 9.24. The molecule has 0 fully saturated rings. The number of fused-ring (bicyclic) bond motifs is 1. The van der Waals surface area contributed by atoms with Crippen LogP contribution < -0.4 is 5.69 Å². The molecule has 3 rings (SSSR count). The van der Waals surface area contributed by atoms with E-state index < -0.39 is 0 Å². The number of H-pyrrole nitrogens is 1. The Hall–Kier alpha value is -2.69. The van der Waals surface area contributed by atoms with Crippen LogP contribution in [-0.2, 0) is 7.05 Å². The topological polar surface area (TPSA) is 63.6 Å². The zero-order chi connectivity index (χ0) is 13.2. The predicted molar refractivity (Wildman–Crippen MR) is 74.5 cm³/mol. The largest absolute Gasteiger partial charge is 0.327 e. The van der Waals surface area contributed by atoms with Crippen LogP contribution in [0.5, 0.6) is 0 Å². The second-order valence-corrected chi connectivity index (χ2v) is 4.20. The molecule has 0 saturated heterocycles. The van der Waals surface area contributed by atoms with E-state index in [0.717, 1.165) is 5.56 Å². The first-order valence-corrected chi connectivity index (χ1v) is 5.89. The monoisotopic (exact) mass is 252 g/mol. The molecule has 0 aliphatic heterocycles. The summed E-state index contributed by atoms with van der Waals surface area (Å²) in [5, 5.41) is 0. The van der Waals surface area contributed by atoms with E-state index in [1.807, 2.05) is 42.5 Å².